The number of hydrogen-bond acceptors (Lipinski definition) is 2. The number of nitrogens with one attached hydrogen (secondary N) is 1. The second kappa shape index (κ2) is 7.01. The van der Waals surface area contributed by atoms with Crippen LogP contribution in [0.15, 0.2) is 73.1 Å². The van der Waals surface area contributed by atoms with E-state index < -0.39 is 0 Å². The Kier molecular flexibility index (Phi) is 4.62. The third-order valence-electron chi connectivity index (χ3n) is 3.68. The Morgan fingerprint density at radius 3 is 2.18 bits per heavy atom. The van der Waals surface area contributed by atoms with Crippen LogP contribution in [0.3, 0.4) is 0 Å². The number of benzene rings is 2. The van der Waals surface area contributed by atoms with Gasteiger partial charge in [-0.05, 0) is 47.4 Å². The van der Waals surface area contributed by atoms with Gasteiger partial charge in [0.15, 0.2) is 0 Å². The molecule has 110 valence electrons. The Morgan fingerprint density at radius 1 is 0.773 bits per heavy atom. The maximum absolute atomic E-state index is 4.07. The first-order chi connectivity index (χ1) is 10.8. The first-order valence-electron chi connectivity index (χ1n) is 7.57. The number of aryl methyl sites for hydroxylation is 1. The molecule has 3 aromatic rings. The summed E-state index contributed by atoms with van der Waals surface area (Å²) in [5, 5.41) is 3.51. The SMILES string of the molecule is Cc1cccc(CNCc2cccc(-c3ccncc3)c2)c1. The molecule has 0 saturated carbocycles. The molecule has 1 N–H and O–H groups in total. The minimum absolute atomic E-state index is 0.868. The maximum Gasteiger partial charge on any atom is 0.0273 e. The van der Waals surface area contributed by atoms with Gasteiger partial charge in [-0.3, -0.25) is 4.98 Å². The zero-order valence-corrected chi connectivity index (χ0v) is 12.8. The molecule has 0 aliphatic carbocycles. The van der Waals surface area contributed by atoms with Crippen molar-refractivity contribution in [3.8, 4) is 11.1 Å². The molecular weight excluding hydrogens is 268 g/mol. The molecule has 3 rings (SSSR count). The van der Waals surface area contributed by atoms with Crippen molar-refractivity contribution in [3.05, 3.63) is 89.7 Å². The topological polar surface area (TPSA) is 24.9 Å². The van der Waals surface area contributed by atoms with Crippen molar-refractivity contribution in [2.75, 3.05) is 0 Å². The van der Waals surface area contributed by atoms with E-state index in [0.29, 0.717) is 0 Å². The summed E-state index contributed by atoms with van der Waals surface area (Å²) in [6, 6.07) is 21.3. The maximum atomic E-state index is 4.07. The highest BCUT2D eigenvalue weighted by molar-refractivity contribution is 5.63. The smallest absolute Gasteiger partial charge is 0.0273 e. The molecule has 0 amide bonds. The largest absolute Gasteiger partial charge is 0.309 e. The van der Waals surface area contributed by atoms with Crippen LogP contribution in [0.4, 0.5) is 0 Å². The first kappa shape index (κ1) is 14.5. The molecule has 1 heterocycles. The average Bonchev–Trinajstić information content (AvgIpc) is 2.56. The predicted octanol–water partition coefficient (Wildman–Crippen LogP) is 4.35. The van der Waals surface area contributed by atoms with Crippen LogP contribution in [-0.2, 0) is 13.1 Å². The monoisotopic (exact) mass is 288 g/mol. The van der Waals surface area contributed by atoms with Gasteiger partial charge >= 0.3 is 0 Å². The third kappa shape index (κ3) is 3.80. The van der Waals surface area contributed by atoms with Gasteiger partial charge in [-0.25, -0.2) is 0 Å². The third-order valence-corrected chi connectivity index (χ3v) is 3.68. The molecule has 0 unspecified atom stereocenters. The summed E-state index contributed by atoms with van der Waals surface area (Å²) in [6.07, 6.45) is 3.66. The van der Waals surface area contributed by atoms with Crippen LogP contribution in [0, 0.1) is 6.92 Å². The molecule has 22 heavy (non-hydrogen) atoms. The van der Waals surface area contributed by atoms with E-state index in [1.165, 1.54) is 27.8 Å². The van der Waals surface area contributed by atoms with E-state index in [1.807, 2.05) is 24.5 Å². The fourth-order valence-electron chi connectivity index (χ4n) is 2.58. The standard InChI is InChI=1S/C20H20N2/c1-16-4-2-5-17(12-16)14-22-15-18-6-3-7-20(13-18)19-8-10-21-11-9-19/h2-13,22H,14-15H2,1H3. The van der Waals surface area contributed by atoms with Gasteiger partial charge in [0.2, 0.25) is 0 Å². The molecule has 0 fully saturated rings. The van der Waals surface area contributed by atoms with Crippen molar-refractivity contribution in [3.63, 3.8) is 0 Å². The molecule has 1 aromatic heterocycles. The summed E-state index contributed by atoms with van der Waals surface area (Å²) in [6.45, 7) is 3.88. The molecule has 0 spiro atoms. The van der Waals surface area contributed by atoms with Gasteiger partial charge in [0.1, 0.15) is 0 Å². The van der Waals surface area contributed by atoms with Crippen LogP contribution in [0.2, 0.25) is 0 Å². The number of hydrogen-bond donors (Lipinski definition) is 1. The molecule has 0 saturated heterocycles. The summed E-state index contributed by atoms with van der Waals surface area (Å²) >= 11 is 0. The van der Waals surface area contributed by atoms with Crippen molar-refractivity contribution < 1.29 is 0 Å². The van der Waals surface area contributed by atoms with Gasteiger partial charge in [-0.2, -0.15) is 0 Å². The molecule has 0 atom stereocenters. The number of nitrogens with zero attached hydrogens (tertiary/aromatic N) is 1. The molecule has 0 bridgehead atoms. The Hall–Kier alpha value is -2.45. The van der Waals surface area contributed by atoms with Crippen molar-refractivity contribution in [2.45, 2.75) is 20.0 Å². The molecular formula is C20H20N2. The van der Waals surface area contributed by atoms with Gasteiger partial charge in [0.05, 0.1) is 0 Å². The van der Waals surface area contributed by atoms with E-state index >= 15 is 0 Å². The van der Waals surface area contributed by atoms with Crippen molar-refractivity contribution in [1.82, 2.24) is 10.3 Å². The highest BCUT2D eigenvalue weighted by Gasteiger charge is 1.99. The first-order valence-corrected chi connectivity index (χ1v) is 7.57. The van der Waals surface area contributed by atoms with E-state index in [-0.39, 0.29) is 0 Å². The summed E-state index contributed by atoms with van der Waals surface area (Å²) in [5.74, 6) is 0. The quantitative estimate of drug-likeness (QED) is 0.755. The number of pyridine rings is 1. The minimum Gasteiger partial charge on any atom is -0.309 e. The zero-order chi connectivity index (χ0) is 15.2. The van der Waals surface area contributed by atoms with E-state index in [4.69, 9.17) is 0 Å². The summed E-state index contributed by atoms with van der Waals surface area (Å²) < 4.78 is 0. The van der Waals surface area contributed by atoms with Crippen molar-refractivity contribution >= 4 is 0 Å². The van der Waals surface area contributed by atoms with Crippen LogP contribution >= 0.6 is 0 Å². The van der Waals surface area contributed by atoms with Gasteiger partial charge in [0, 0.05) is 25.5 Å². The van der Waals surface area contributed by atoms with Gasteiger partial charge in [-0.1, -0.05) is 48.0 Å². The highest BCUT2D eigenvalue weighted by atomic mass is 14.8. The van der Waals surface area contributed by atoms with E-state index in [9.17, 15) is 0 Å². The highest BCUT2D eigenvalue weighted by Crippen LogP contribution is 2.19. The number of aromatic nitrogens is 1. The van der Waals surface area contributed by atoms with Gasteiger partial charge in [0.25, 0.3) is 0 Å². The Balaban J connectivity index is 1.64. The zero-order valence-electron chi connectivity index (χ0n) is 12.8. The Labute approximate surface area is 131 Å². The van der Waals surface area contributed by atoms with Crippen LogP contribution < -0.4 is 5.32 Å². The normalized spacial score (nSPS) is 10.6. The molecule has 0 aliphatic rings. The summed E-state index contributed by atoms with van der Waals surface area (Å²) in [5.41, 5.74) is 6.36. The lowest BCUT2D eigenvalue weighted by Gasteiger charge is -2.08. The molecule has 2 aromatic carbocycles. The van der Waals surface area contributed by atoms with Gasteiger partial charge in [-0.15, -0.1) is 0 Å². The van der Waals surface area contributed by atoms with E-state index in [0.717, 1.165) is 13.1 Å². The van der Waals surface area contributed by atoms with Crippen LogP contribution in [-0.4, -0.2) is 4.98 Å². The average molecular weight is 288 g/mol. The van der Waals surface area contributed by atoms with Gasteiger partial charge < -0.3 is 5.32 Å². The Bertz CT molecular complexity index is 735. The van der Waals surface area contributed by atoms with E-state index in [2.05, 4.69) is 65.8 Å². The fourth-order valence-corrected chi connectivity index (χ4v) is 2.58. The molecule has 0 radical (unpaired) electrons. The van der Waals surface area contributed by atoms with Crippen molar-refractivity contribution in [1.29, 1.82) is 0 Å². The minimum atomic E-state index is 0.868. The second-order valence-corrected chi connectivity index (χ2v) is 5.53. The van der Waals surface area contributed by atoms with E-state index in [1.54, 1.807) is 0 Å². The Morgan fingerprint density at radius 2 is 1.45 bits per heavy atom. The molecule has 2 nitrogen and oxygen atoms in total. The number of rotatable bonds is 5. The summed E-state index contributed by atoms with van der Waals surface area (Å²) in [7, 11) is 0. The lowest BCUT2D eigenvalue weighted by molar-refractivity contribution is 0.693. The van der Waals surface area contributed by atoms with Crippen molar-refractivity contribution in [2.24, 2.45) is 0 Å². The van der Waals surface area contributed by atoms with Crippen LogP contribution in [0.1, 0.15) is 16.7 Å². The van der Waals surface area contributed by atoms with Crippen LogP contribution in [0.5, 0.6) is 0 Å². The fraction of sp³-hybridized carbons (Fsp3) is 0.150. The lowest BCUT2D eigenvalue weighted by atomic mass is 10.0. The second-order valence-electron chi connectivity index (χ2n) is 5.53. The predicted molar refractivity (Wildman–Crippen MR) is 91.4 cm³/mol. The molecule has 2 heteroatoms. The molecule has 0 aliphatic heterocycles. The summed E-state index contributed by atoms with van der Waals surface area (Å²) in [4.78, 5) is 4.07. The lowest BCUT2D eigenvalue weighted by Crippen LogP contribution is -2.12. The van der Waals surface area contributed by atoms with Crippen LogP contribution in [0.25, 0.3) is 11.1 Å².